The van der Waals surface area contributed by atoms with E-state index in [9.17, 15) is 18.0 Å². The summed E-state index contributed by atoms with van der Waals surface area (Å²) < 4.78 is 30.3. The van der Waals surface area contributed by atoms with Crippen molar-refractivity contribution < 1.29 is 8.42 Å². The van der Waals surface area contributed by atoms with E-state index in [4.69, 9.17) is 0 Å². The van der Waals surface area contributed by atoms with Crippen LogP contribution in [0.2, 0.25) is 0 Å². The minimum atomic E-state index is -3.81. The molecule has 0 aliphatic carbocycles. The van der Waals surface area contributed by atoms with Gasteiger partial charge in [0.25, 0.3) is 5.56 Å². The van der Waals surface area contributed by atoms with Gasteiger partial charge in [0.15, 0.2) is 0 Å². The summed E-state index contributed by atoms with van der Waals surface area (Å²) in [6, 6.07) is 14.2. The minimum absolute atomic E-state index is 0.0344. The average Bonchev–Trinajstić information content (AvgIpc) is 2.89. The first-order valence-corrected chi connectivity index (χ1v) is 10.7. The van der Waals surface area contributed by atoms with Crippen LogP contribution in [0.5, 0.6) is 0 Å². The van der Waals surface area contributed by atoms with Gasteiger partial charge >= 0.3 is 5.69 Å². The fourth-order valence-electron chi connectivity index (χ4n) is 3.99. The lowest BCUT2D eigenvalue weighted by molar-refractivity contribution is 0.410. The van der Waals surface area contributed by atoms with Crippen molar-refractivity contribution in [3.05, 3.63) is 75.1 Å². The molecular formula is C20H18N4O4S. The molecule has 0 spiro atoms. The number of hydrogen-bond acceptors (Lipinski definition) is 4. The summed E-state index contributed by atoms with van der Waals surface area (Å²) in [6.45, 7) is 1.39. The van der Waals surface area contributed by atoms with Gasteiger partial charge in [0.2, 0.25) is 10.0 Å². The lowest BCUT2D eigenvalue weighted by Gasteiger charge is -2.20. The molecule has 1 aliphatic heterocycles. The van der Waals surface area contributed by atoms with Crippen LogP contribution in [-0.2, 0) is 23.1 Å². The molecule has 8 nitrogen and oxygen atoms in total. The summed E-state index contributed by atoms with van der Waals surface area (Å²) in [5.41, 5.74) is 1.10. The van der Waals surface area contributed by atoms with Crippen LogP contribution in [0, 0.1) is 0 Å². The van der Waals surface area contributed by atoms with E-state index in [0.29, 0.717) is 18.5 Å². The van der Waals surface area contributed by atoms with E-state index in [1.54, 1.807) is 0 Å². The first kappa shape index (κ1) is 17.9. The number of aromatic amines is 2. The largest absolute Gasteiger partial charge is 0.343 e. The molecule has 4 aromatic rings. The summed E-state index contributed by atoms with van der Waals surface area (Å²) >= 11 is 0. The smallest absolute Gasteiger partial charge is 0.326 e. The maximum absolute atomic E-state index is 13.3. The number of para-hydroxylation sites is 1. The van der Waals surface area contributed by atoms with E-state index in [-0.39, 0.29) is 16.8 Å². The average molecular weight is 410 g/mol. The molecule has 29 heavy (non-hydrogen) atoms. The number of fused-ring (bicyclic) bond motifs is 4. The third-order valence-corrected chi connectivity index (χ3v) is 7.21. The lowest BCUT2D eigenvalue weighted by atomic mass is 10.2. The fraction of sp³-hybridized carbons (Fsp3) is 0.200. The first-order chi connectivity index (χ1) is 13.9. The Morgan fingerprint density at radius 1 is 0.931 bits per heavy atom. The molecular weight excluding hydrogens is 392 g/mol. The normalized spacial score (nSPS) is 15.4. The van der Waals surface area contributed by atoms with Crippen molar-refractivity contribution in [2.24, 2.45) is 0 Å². The number of aryl methyl sites for hydroxylation is 1. The first-order valence-electron chi connectivity index (χ1n) is 9.27. The van der Waals surface area contributed by atoms with E-state index >= 15 is 0 Å². The topological polar surface area (TPSA) is 108 Å². The van der Waals surface area contributed by atoms with Crippen molar-refractivity contribution in [1.82, 2.24) is 18.8 Å². The standard InChI is InChI=1S/C20H18N4O4S/c25-19-16-11-15(6-7-17(16)21-20(26)22-19)29(27,28)23-8-3-9-24-14(12-23)10-13-4-1-2-5-18(13)24/h1-2,4-7,10-11H,3,8-9,12H2,(H2,21,22,25,26). The van der Waals surface area contributed by atoms with Crippen LogP contribution in [0.1, 0.15) is 12.1 Å². The second-order valence-electron chi connectivity index (χ2n) is 7.15. The number of rotatable bonds is 2. The summed E-state index contributed by atoms with van der Waals surface area (Å²) in [4.78, 5) is 28.2. The quantitative estimate of drug-likeness (QED) is 0.525. The van der Waals surface area contributed by atoms with E-state index in [1.165, 1.54) is 22.5 Å². The number of aromatic nitrogens is 3. The van der Waals surface area contributed by atoms with Gasteiger partial charge in [-0.05, 0) is 42.1 Å². The third kappa shape index (κ3) is 2.90. The number of H-pyrrole nitrogens is 2. The van der Waals surface area contributed by atoms with Gasteiger partial charge in [0.05, 0.1) is 22.3 Å². The fourth-order valence-corrected chi connectivity index (χ4v) is 5.46. The van der Waals surface area contributed by atoms with Crippen molar-refractivity contribution in [2.45, 2.75) is 24.4 Å². The van der Waals surface area contributed by atoms with Gasteiger partial charge in [-0.25, -0.2) is 13.2 Å². The maximum atomic E-state index is 13.3. The molecule has 0 saturated heterocycles. The Hall–Kier alpha value is -3.17. The molecule has 0 atom stereocenters. The summed E-state index contributed by atoms with van der Waals surface area (Å²) in [7, 11) is -3.81. The van der Waals surface area contributed by atoms with E-state index < -0.39 is 21.3 Å². The monoisotopic (exact) mass is 410 g/mol. The van der Waals surface area contributed by atoms with Crippen molar-refractivity contribution in [1.29, 1.82) is 0 Å². The number of benzene rings is 2. The minimum Gasteiger partial charge on any atom is -0.343 e. The second kappa shape index (κ2) is 6.43. The molecule has 9 heteroatoms. The predicted octanol–water partition coefficient (Wildman–Crippen LogP) is 1.77. The Balaban J connectivity index is 1.58. The zero-order valence-corrected chi connectivity index (χ0v) is 16.2. The zero-order valence-electron chi connectivity index (χ0n) is 15.4. The third-order valence-electron chi connectivity index (χ3n) is 5.37. The van der Waals surface area contributed by atoms with Crippen LogP contribution in [0.15, 0.2) is 63.0 Å². The molecule has 0 amide bonds. The van der Waals surface area contributed by atoms with Gasteiger partial charge < -0.3 is 9.55 Å². The molecule has 2 aromatic carbocycles. The molecule has 148 valence electrons. The summed E-state index contributed by atoms with van der Waals surface area (Å²) in [6.07, 6.45) is 0.687. The van der Waals surface area contributed by atoms with Gasteiger partial charge in [0.1, 0.15) is 0 Å². The van der Waals surface area contributed by atoms with E-state index in [1.807, 2.05) is 30.3 Å². The number of sulfonamides is 1. The molecule has 0 saturated carbocycles. The Morgan fingerprint density at radius 2 is 1.76 bits per heavy atom. The highest BCUT2D eigenvalue weighted by atomic mass is 32.2. The second-order valence-corrected chi connectivity index (χ2v) is 9.09. The van der Waals surface area contributed by atoms with E-state index in [2.05, 4.69) is 14.5 Å². The van der Waals surface area contributed by atoms with Crippen molar-refractivity contribution in [2.75, 3.05) is 6.54 Å². The van der Waals surface area contributed by atoms with Crippen LogP contribution in [-0.4, -0.2) is 33.8 Å². The number of nitrogens with zero attached hydrogens (tertiary/aromatic N) is 2. The molecule has 5 rings (SSSR count). The van der Waals surface area contributed by atoms with Crippen LogP contribution < -0.4 is 11.2 Å². The van der Waals surface area contributed by atoms with Crippen LogP contribution >= 0.6 is 0 Å². The Morgan fingerprint density at radius 3 is 2.62 bits per heavy atom. The zero-order chi connectivity index (χ0) is 20.2. The van der Waals surface area contributed by atoms with E-state index in [0.717, 1.165) is 23.1 Å². The highest BCUT2D eigenvalue weighted by molar-refractivity contribution is 7.89. The van der Waals surface area contributed by atoms with Gasteiger partial charge in [-0.15, -0.1) is 0 Å². The van der Waals surface area contributed by atoms with Crippen LogP contribution in [0.3, 0.4) is 0 Å². The molecule has 2 aromatic heterocycles. The van der Waals surface area contributed by atoms with Crippen molar-refractivity contribution in [3.8, 4) is 0 Å². The van der Waals surface area contributed by atoms with Crippen LogP contribution in [0.25, 0.3) is 21.8 Å². The van der Waals surface area contributed by atoms with Crippen LogP contribution in [0.4, 0.5) is 0 Å². The Labute approximate surface area is 165 Å². The maximum Gasteiger partial charge on any atom is 0.326 e. The summed E-state index contributed by atoms with van der Waals surface area (Å²) in [5.74, 6) is 0. The Kier molecular flexibility index (Phi) is 3.97. The van der Waals surface area contributed by atoms with Gasteiger partial charge in [-0.1, -0.05) is 18.2 Å². The highest BCUT2D eigenvalue weighted by Gasteiger charge is 2.28. The van der Waals surface area contributed by atoms with Gasteiger partial charge in [-0.3, -0.25) is 9.78 Å². The van der Waals surface area contributed by atoms with Crippen molar-refractivity contribution in [3.63, 3.8) is 0 Å². The Bertz CT molecular complexity index is 1480. The molecule has 3 heterocycles. The molecule has 0 unspecified atom stereocenters. The van der Waals surface area contributed by atoms with Crippen molar-refractivity contribution >= 4 is 31.8 Å². The molecule has 0 radical (unpaired) electrons. The number of hydrogen-bond donors (Lipinski definition) is 2. The lowest BCUT2D eigenvalue weighted by Crippen LogP contribution is -2.31. The highest BCUT2D eigenvalue weighted by Crippen LogP contribution is 2.27. The van der Waals surface area contributed by atoms with Gasteiger partial charge in [-0.2, -0.15) is 4.31 Å². The summed E-state index contributed by atoms with van der Waals surface area (Å²) in [5, 5.41) is 1.22. The predicted molar refractivity (Wildman–Crippen MR) is 109 cm³/mol. The SMILES string of the molecule is O=c1[nH]c(=O)c2cc(S(=O)(=O)N3CCCn4c(cc5ccccc54)C3)ccc2[nH]1. The molecule has 0 bridgehead atoms. The van der Waals surface area contributed by atoms with Gasteiger partial charge in [0, 0.05) is 24.3 Å². The molecule has 0 fully saturated rings. The molecule has 1 aliphatic rings. The number of nitrogens with one attached hydrogen (secondary N) is 2. The molecule has 2 N–H and O–H groups in total.